The summed E-state index contributed by atoms with van der Waals surface area (Å²) in [6.07, 6.45) is 1.91. The van der Waals surface area contributed by atoms with E-state index in [0.29, 0.717) is 11.1 Å². The van der Waals surface area contributed by atoms with Crippen molar-refractivity contribution in [2.24, 2.45) is 0 Å². The highest BCUT2D eigenvalue weighted by atomic mass is 19.1. The topological polar surface area (TPSA) is 87.2 Å². The van der Waals surface area contributed by atoms with Gasteiger partial charge in [-0.25, -0.2) is 9.18 Å². The van der Waals surface area contributed by atoms with Gasteiger partial charge in [-0.15, -0.1) is 0 Å². The van der Waals surface area contributed by atoms with Crippen LogP contribution in [-0.4, -0.2) is 28.5 Å². The number of hydrogen-bond acceptors (Lipinski definition) is 3. The average Bonchev–Trinajstić information content (AvgIpc) is 2.90. The summed E-state index contributed by atoms with van der Waals surface area (Å²) in [6.45, 7) is -0.154. The first kappa shape index (κ1) is 12.9. The monoisotopic (exact) mass is 265 g/mol. The van der Waals surface area contributed by atoms with Crippen molar-refractivity contribution in [3.8, 4) is 16.9 Å². The summed E-state index contributed by atoms with van der Waals surface area (Å²) in [7, 11) is 1.35. The molecule has 1 heterocycles. The van der Waals surface area contributed by atoms with Crippen molar-refractivity contribution in [1.82, 2.24) is 15.5 Å². The SMILES string of the molecule is COc1ccc(-c2cn[nH]c2)c(CNC(=O)O)c1F. The zero-order valence-corrected chi connectivity index (χ0v) is 10.1. The fraction of sp³-hybridized carbons (Fsp3) is 0.167. The molecule has 0 unspecified atom stereocenters. The van der Waals surface area contributed by atoms with Crippen LogP contribution in [0.1, 0.15) is 5.56 Å². The summed E-state index contributed by atoms with van der Waals surface area (Å²) in [6, 6.07) is 3.15. The van der Waals surface area contributed by atoms with Crippen LogP contribution in [0, 0.1) is 5.82 Å². The number of nitrogens with one attached hydrogen (secondary N) is 2. The number of benzene rings is 1. The Labute approximate surface area is 108 Å². The summed E-state index contributed by atoms with van der Waals surface area (Å²) in [4.78, 5) is 10.6. The summed E-state index contributed by atoms with van der Waals surface area (Å²) in [5.41, 5.74) is 1.44. The van der Waals surface area contributed by atoms with Crippen LogP contribution in [0.5, 0.6) is 5.75 Å². The maximum Gasteiger partial charge on any atom is 0.404 e. The van der Waals surface area contributed by atoms with E-state index in [1.54, 1.807) is 12.3 Å². The van der Waals surface area contributed by atoms with Crippen LogP contribution in [-0.2, 0) is 6.54 Å². The van der Waals surface area contributed by atoms with Gasteiger partial charge in [-0.2, -0.15) is 5.10 Å². The molecule has 0 saturated heterocycles. The van der Waals surface area contributed by atoms with Crippen molar-refractivity contribution in [2.75, 3.05) is 7.11 Å². The lowest BCUT2D eigenvalue weighted by Crippen LogP contribution is -2.21. The summed E-state index contributed by atoms with van der Waals surface area (Å²) in [5.74, 6) is -0.524. The average molecular weight is 265 g/mol. The lowest BCUT2D eigenvalue weighted by Gasteiger charge is -2.12. The third-order valence-electron chi connectivity index (χ3n) is 2.65. The number of H-pyrrole nitrogens is 1. The van der Waals surface area contributed by atoms with Gasteiger partial charge in [-0.3, -0.25) is 5.10 Å². The van der Waals surface area contributed by atoms with E-state index in [1.807, 2.05) is 0 Å². The molecule has 1 aromatic carbocycles. The van der Waals surface area contributed by atoms with E-state index >= 15 is 0 Å². The molecule has 100 valence electrons. The number of hydrogen-bond donors (Lipinski definition) is 3. The Bertz CT molecular complexity index is 584. The fourth-order valence-corrected chi connectivity index (χ4v) is 1.76. The molecule has 0 atom stereocenters. The van der Waals surface area contributed by atoms with Gasteiger partial charge in [0.2, 0.25) is 0 Å². The minimum absolute atomic E-state index is 0.0643. The van der Waals surface area contributed by atoms with Gasteiger partial charge < -0.3 is 15.2 Å². The quantitative estimate of drug-likeness (QED) is 0.789. The summed E-state index contributed by atoms with van der Waals surface area (Å²) < 4.78 is 19.1. The Hall–Kier alpha value is -2.57. The second kappa shape index (κ2) is 5.38. The number of halogens is 1. The van der Waals surface area contributed by atoms with Crippen LogP contribution in [0.4, 0.5) is 9.18 Å². The van der Waals surface area contributed by atoms with Gasteiger partial charge >= 0.3 is 6.09 Å². The number of amides is 1. The standard InChI is InChI=1S/C12H12FN3O3/c1-19-10-3-2-8(7-4-15-16-5-7)9(11(10)13)6-14-12(17)18/h2-5,14H,6H2,1H3,(H,15,16)(H,17,18). The third kappa shape index (κ3) is 2.65. The van der Waals surface area contributed by atoms with Crippen LogP contribution in [0.3, 0.4) is 0 Å². The summed E-state index contributed by atoms with van der Waals surface area (Å²) in [5, 5.41) is 17.2. The number of nitrogens with zero attached hydrogens (tertiary/aromatic N) is 1. The number of rotatable bonds is 4. The van der Waals surface area contributed by atoms with E-state index in [2.05, 4.69) is 15.5 Å². The number of methoxy groups -OCH3 is 1. The van der Waals surface area contributed by atoms with Crippen LogP contribution in [0.15, 0.2) is 24.5 Å². The molecule has 0 radical (unpaired) electrons. The highest BCUT2D eigenvalue weighted by Gasteiger charge is 2.16. The molecule has 0 spiro atoms. The van der Waals surface area contributed by atoms with E-state index in [-0.39, 0.29) is 17.9 Å². The first-order valence-electron chi connectivity index (χ1n) is 5.44. The molecule has 0 bridgehead atoms. The first-order chi connectivity index (χ1) is 9.13. The molecule has 3 N–H and O–H groups in total. The highest BCUT2D eigenvalue weighted by molar-refractivity contribution is 5.69. The molecule has 0 aliphatic heterocycles. The molecular weight excluding hydrogens is 253 g/mol. The van der Waals surface area contributed by atoms with Crippen LogP contribution in [0.25, 0.3) is 11.1 Å². The number of aromatic nitrogens is 2. The number of carboxylic acid groups (broad SMARTS) is 1. The van der Waals surface area contributed by atoms with Gasteiger partial charge in [0.05, 0.1) is 13.3 Å². The van der Waals surface area contributed by atoms with Crippen LogP contribution in [0.2, 0.25) is 0 Å². The van der Waals surface area contributed by atoms with Crippen molar-refractivity contribution in [3.05, 3.63) is 35.9 Å². The second-order valence-corrected chi connectivity index (χ2v) is 3.75. The van der Waals surface area contributed by atoms with Gasteiger partial charge in [0.15, 0.2) is 11.6 Å². The Morgan fingerprint density at radius 3 is 2.95 bits per heavy atom. The van der Waals surface area contributed by atoms with Crippen LogP contribution >= 0.6 is 0 Å². The normalized spacial score (nSPS) is 10.2. The first-order valence-corrected chi connectivity index (χ1v) is 5.44. The molecule has 7 heteroatoms. The van der Waals surface area contributed by atoms with Crippen molar-refractivity contribution in [1.29, 1.82) is 0 Å². The Morgan fingerprint density at radius 2 is 2.37 bits per heavy atom. The van der Waals surface area contributed by atoms with Crippen molar-refractivity contribution in [2.45, 2.75) is 6.54 Å². The molecule has 1 aromatic heterocycles. The van der Waals surface area contributed by atoms with Crippen molar-refractivity contribution < 1.29 is 19.0 Å². The molecule has 0 saturated carbocycles. The van der Waals surface area contributed by atoms with E-state index in [1.165, 1.54) is 19.4 Å². The van der Waals surface area contributed by atoms with E-state index in [9.17, 15) is 9.18 Å². The smallest absolute Gasteiger partial charge is 0.404 e. The fourth-order valence-electron chi connectivity index (χ4n) is 1.76. The van der Waals surface area contributed by atoms with Crippen molar-refractivity contribution >= 4 is 6.09 Å². The zero-order valence-electron chi connectivity index (χ0n) is 10.1. The Balaban J connectivity index is 2.47. The predicted molar refractivity (Wildman–Crippen MR) is 65.4 cm³/mol. The minimum atomic E-state index is -1.22. The Kier molecular flexibility index (Phi) is 3.65. The van der Waals surface area contributed by atoms with Gasteiger partial charge in [-0.1, -0.05) is 6.07 Å². The second-order valence-electron chi connectivity index (χ2n) is 3.75. The molecule has 19 heavy (non-hydrogen) atoms. The largest absolute Gasteiger partial charge is 0.494 e. The van der Waals surface area contributed by atoms with Crippen LogP contribution < -0.4 is 10.1 Å². The third-order valence-corrected chi connectivity index (χ3v) is 2.65. The molecule has 2 aromatic rings. The van der Waals surface area contributed by atoms with Crippen molar-refractivity contribution in [3.63, 3.8) is 0 Å². The zero-order chi connectivity index (χ0) is 13.8. The number of aromatic amines is 1. The summed E-state index contributed by atoms with van der Waals surface area (Å²) >= 11 is 0. The lowest BCUT2D eigenvalue weighted by molar-refractivity contribution is 0.194. The van der Waals surface area contributed by atoms with Gasteiger partial charge in [0, 0.05) is 23.9 Å². The molecule has 0 aliphatic carbocycles. The molecule has 0 fully saturated rings. The van der Waals surface area contributed by atoms with E-state index in [4.69, 9.17) is 9.84 Å². The van der Waals surface area contributed by atoms with Gasteiger partial charge in [0.1, 0.15) is 0 Å². The van der Waals surface area contributed by atoms with E-state index < -0.39 is 11.9 Å². The Morgan fingerprint density at radius 1 is 1.58 bits per heavy atom. The number of ether oxygens (including phenoxy) is 1. The lowest BCUT2D eigenvalue weighted by atomic mass is 10.0. The van der Waals surface area contributed by atoms with Gasteiger partial charge in [-0.05, 0) is 11.6 Å². The molecular formula is C12H12FN3O3. The number of carbonyl (C=O) groups is 1. The maximum atomic E-state index is 14.2. The maximum absolute atomic E-state index is 14.2. The molecule has 0 aliphatic rings. The molecule has 6 nitrogen and oxygen atoms in total. The minimum Gasteiger partial charge on any atom is -0.494 e. The van der Waals surface area contributed by atoms with E-state index in [0.717, 1.165) is 0 Å². The molecule has 2 rings (SSSR count). The predicted octanol–water partition coefficient (Wildman–Crippen LogP) is 1.99. The van der Waals surface area contributed by atoms with Gasteiger partial charge in [0.25, 0.3) is 0 Å². The molecule has 1 amide bonds. The highest BCUT2D eigenvalue weighted by Crippen LogP contribution is 2.30.